The Morgan fingerprint density at radius 3 is 2.13 bits per heavy atom. The molecule has 0 spiro atoms. The van der Waals surface area contributed by atoms with E-state index >= 15 is 0 Å². The molecule has 0 unspecified atom stereocenters. The molecule has 0 aromatic heterocycles. The fourth-order valence-corrected chi connectivity index (χ4v) is 6.16. The average molecular weight is 433 g/mol. The van der Waals surface area contributed by atoms with Crippen molar-refractivity contribution < 1.29 is 22.5 Å². The summed E-state index contributed by atoms with van der Waals surface area (Å²) < 4.78 is 38.3. The number of rotatable bonds is 6. The van der Waals surface area contributed by atoms with Gasteiger partial charge in [-0.2, -0.15) is 0 Å². The number of piperidine rings is 1. The molecule has 1 amide bonds. The quantitative estimate of drug-likeness (QED) is 0.645. The summed E-state index contributed by atoms with van der Waals surface area (Å²) in [5.74, 6) is 0.260. The first-order chi connectivity index (χ1) is 13.9. The van der Waals surface area contributed by atoms with Crippen LogP contribution >= 0.6 is 0 Å². The van der Waals surface area contributed by atoms with Crippen LogP contribution in [-0.2, 0) is 23.9 Å². The number of likely N-dealkylation sites (tertiary alicyclic amines) is 1. The summed E-state index contributed by atoms with van der Waals surface area (Å²) in [6.07, 6.45) is 4.26. The molecule has 1 aromatic carbocycles. The van der Waals surface area contributed by atoms with Gasteiger partial charge in [-0.3, -0.25) is 4.79 Å². The first kappa shape index (κ1) is 21.8. The van der Waals surface area contributed by atoms with Crippen LogP contribution in [0.2, 0.25) is 0 Å². The first-order valence-electron chi connectivity index (χ1n) is 10.9. The van der Waals surface area contributed by atoms with Crippen LogP contribution in [0.25, 0.3) is 0 Å². The minimum Gasteiger partial charge on any atom is -0.399 e. The predicted molar refractivity (Wildman–Crippen MR) is 116 cm³/mol. The lowest BCUT2D eigenvalue weighted by Crippen LogP contribution is -2.41. The summed E-state index contributed by atoms with van der Waals surface area (Å²) in [6.45, 7) is 9.30. The third-order valence-corrected chi connectivity index (χ3v) is 9.15. The van der Waals surface area contributed by atoms with Gasteiger partial charge in [-0.15, -0.1) is 0 Å². The number of hydrogen-bond acceptors (Lipinski definition) is 5. The zero-order valence-electron chi connectivity index (χ0n) is 18.4. The van der Waals surface area contributed by atoms with Crippen LogP contribution in [0.4, 0.5) is 0 Å². The minimum absolute atomic E-state index is 0.0968. The molecule has 3 fully saturated rings. The Balaban J connectivity index is 1.44. The molecule has 3 aliphatic rings. The van der Waals surface area contributed by atoms with E-state index in [2.05, 4.69) is 0 Å². The van der Waals surface area contributed by atoms with Gasteiger partial charge in [0.15, 0.2) is 9.84 Å². The zero-order valence-corrected chi connectivity index (χ0v) is 19.3. The van der Waals surface area contributed by atoms with Crippen LogP contribution in [0.3, 0.4) is 0 Å². The molecular formula is C22H32BNO5S. The smallest absolute Gasteiger partial charge is 0.399 e. The fourth-order valence-electron chi connectivity index (χ4n) is 4.26. The van der Waals surface area contributed by atoms with E-state index in [-0.39, 0.29) is 17.1 Å². The lowest BCUT2D eigenvalue weighted by Gasteiger charge is -2.32. The van der Waals surface area contributed by atoms with Crippen LogP contribution in [0, 0.1) is 5.41 Å². The highest BCUT2D eigenvalue weighted by atomic mass is 32.2. The number of carbonyl (C=O) groups excluding carboxylic acids is 1. The van der Waals surface area contributed by atoms with Gasteiger partial charge < -0.3 is 14.2 Å². The van der Waals surface area contributed by atoms with E-state index in [1.807, 2.05) is 32.6 Å². The Bertz CT molecular complexity index is 905. The second-order valence-electron chi connectivity index (χ2n) is 10.2. The largest absolute Gasteiger partial charge is 0.494 e. The van der Waals surface area contributed by atoms with E-state index in [4.69, 9.17) is 9.31 Å². The second kappa shape index (κ2) is 7.35. The van der Waals surface area contributed by atoms with Crippen molar-refractivity contribution >= 4 is 28.3 Å². The summed E-state index contributed by atoms with van der Waals surface area (Å²) >= 11 is 0. The Kier molecular flexibility index (Phi) is 5.35. The van der Waals surface area contributed by atoms with Gasteiger partial charge in [0, 0.05) is 24.9 Å². The number of hydrogen-bond donors (Lipinski definition) is 0. The molecule has 0 atom stereocenters. The first-order valence-corrected chi connectivity index (χ1v) is 12.5. The SMILES string of the molecule is CC1(C)OB(c2ccc(S(=O)(=O)CC3(CN4CCCCC4=O)CC3)cc2)OC1(C)C. The van der Waals surface area contributed by atoms with E-state index in [1.165, 1.54) is 0 Å². The maximum absolute atomic E-state index is 13.1. The number of carbonyl (C=O) groups is 1. The molecule has 0 bridgehead atoms. The topological polar surface area (TPSA) is 72.9 Å². The number of nitrogens with zero attached hydrogens (tertiary/aromatic N) is 1. The average Bonchev–Trinajstić information content (AvgIpc) is 3.36. The number of benzene rings is 1. The van der Waals surface area contributed by atoms with Crippen molar-refractivity contribution in [1.29, 1.82) is 0 Å². The van der Waals surface area contributed by atoms with Crippen molar-refractivity contribution in [1.82, 2.24) is 4.90 Å². The van der Waals surface area contributed by atoms with Gasteiger partial charge >= 0.3 is 7.12 Å². The predicted octanol–water partition coefficient (Wildman–Crippen LogP) is 2.55. The second-order valence-corrected chi connectivity index (χ2v) is 12.2. The molecule has 1 saturated carbocycles. The number of sulfone groups is 1. The van der Waals surface area contributed by atoms with Crippen molar-refractivity contribution in [2.24, 2.45) is 5.41 Å². The lowest BCUT2D eigenvalue weighted by molar-refractivity contribution is -0.134. The van der Waals surface area contributed by atoms with E-state index < -0.39 is 28.2 Å². The van der Waals surface area contributed by atoms with Crippen LogP contribution in [0.1, 0.15) is 59.8 Å². The molecule has 30 heavy (non-hydrogen) atoms. The maximum atomic E-state index is 13.1. The molecule has 2 aliphatic heterocycles. The Morgan fingerprint density at radius 2 is 1.60 bits per heavy atom. The van der Waals surface area contributed by atoms with Crippen LogP contribution in [0.5, 0.6) is 0 Å². The van der Waals surface area contributed by atoms with Crippen molar-refractivity contribution in [3.8, 4) is 0 Å². The van der Waals surface area contributed by atoms with Gasteiger partial charge in [0.2, 0.25) is 5.91 Å². The number of amides is 1. The minimum atomic E-state index is -3.43. The van der Waals surface area contributed by atoms with Crippen LogP contribution < -0.4 is 5.46 Å². The molecule has 8 heteroatoms. The van der Waals surface area contributed by atoms with Crippen molar-refractivity contribution in [3.63, 3.8) is 0 Å². The third kappa shape index (κ3) is 4.19. The van der Waals surface area contributed by atoms with Gasteiger partial charge in [0.25, 0.3) is 0 Å². The normalized spacial score (nSPS) is 24.9. The summed E-state index contributed by atoms with van der Waals surface area (Å²) in [6, 6.07) is 6.86. The zero-order chi connectivity index (χ0) is 21.8. The Labute approximate surface area is 180 Å². The Morgan fingerprint density at radius 1 is 1.00 bits per heavy atom. The summed E-state index contributed by atoms with van der Waals surface area (Å²) in [4.78, 5) is 14.3. The van der Waals surface area contributed by atoms with Gasteiger partial charge in [-0.05, 0) is 71.0 Å². The van der Waals surface area contributed by atoms with E-state index in [9.17, 15) is 13.2 Å². The maximum Gasteiger partial charge on any atom is 0.494 e. The van der Waals surface area contributed by atoms with Gasteiger partial charge in [0.05, 0.1) is 21.9 Å². The monoisotopic (exact) mass is 433 g/mol. The summed E-state index contributed by atoms with van der Waals surface area (Å²) in [7, 11) is -3.94. The Hall–Kier alpha value is -1.38. The molecule has 0 radical (unpaired) electrons. The van der Waals surface area contributed by atoms with Gasteiger partial charge in [-0.25, -0.2) is 8.42 Å². The van der Waals surface area contributed by atoms with Crippen molar-refractivity contribution in [2.75, 3.05) is 18.8 Å². The van der Waals surface area contributed by atoms with Crippen molar-refractivity contribution in [3.05, 3.63) is 24.3 Å². The molecule has 6 nitrogen and oxygen atoms in total. The highest BCUT2D eigenvalue weighted by Gasteiger charge is 2.52. The molecule has 2 saturated heterocycles. The van der Waals surface area contributed by atoms with Crippen LogP contribution in [0.15, 0.2) is 29.2 Å². The third-order valence-electron chi connectivity index (χ3n) is 7.17. The van der Waals surface area contributed by atoms with Crippen molar-refractivity contribution in [2.45, 2.75) is 75.9 Å². The lowest BCUT2D eigenvalue weighted by atomic mass is 9.79. The van der Waals surface area contributed by atoms with E-state index in [1.54, 1.807) is 24.3 Å². The molecule has 1 aromatic rings. The highest BCUT2D eigenvalue weighted by Crippen LogP contribution is 2.48. The van der Waals surface area contributed by atoms with Gasteiger partial charge in [0.1, 0.15) is 0 Å². The molecule has 2 heterocycles. The molecule has 0 N–H and O–H groups in total. The van der Waals surface area contributed by atoms with E-state index in [0.29, 0.717) is 17.9 Å². The highest BCUT2D eigenvalue weighted by molar-refractivity contribution is 7.91. The standard InChI is InChI=1S/C22H32BNO5S/c1-20(2)21(3,4)29-23(28-20)17-8-10-18(11-9-17)30(26,27)16-22(12-13-22)15-24-14-6-5-7-19(24)25/h8-11H,5-7,12-16H2,1-4H3. The molecule has 1 aliphatic carbocycles. The molecule has 164 valence electrons. The van der Waals surface area contributed by atoms with Gasteiger partial charge in [-0.1, -0.05) is 12.1 Å². The molecular weight excluding hydrogens is 401 g/mol. The van der Waals surface area contributed by atoms with Crippen LogP contribution in [-0.4, -0.2) is 56.4 Å². The van der Waals surface area contributed by atoms with E-state index in [0.717, 1.165) is 37.7 Å². The fraction of sp³-hybridized carbons (Fsp3) is 0.682. The summed E-state index contributed by atoms with van der Waals surface area (Å²) in [5.41, 5.74) is -0.345. The summed E-state index contributed by atoms with van der Waals surface area (Å²) in [5, 5.41) is 0. The molecule has 4 rings (SSSR count).